The van der Waals surface area contributed by atoms with Crippen LogP contribution in [0.15, 0.2) is 16.9 Å². The predicted octanol–water partition coefficient (Wildman–Crippen LogP) is 2.76. The van der Waals surface area contributed by atoms with Gasteiger partial charge in [0.25, 0.3) is 5.56 Å². The lowest BCUT2D eigenvalue weighted by molar-refractivity contribution is -0.143. The first-order chi connectivity index (χ1) is 11.6. The molecule has 0 fully saturated rings. The topological polar surface area (TPSA) is 81.1 Å². The van der Waals surface area contributed by atoms with Crippen molar-refractivity contribution in [2.45, 2.75) is 39.4 Å². The van der Waals surface area contributed by atoms with Gasteiger partial charge in [-0.05, 0) is 35.1 Å². The van der Waals surface area contributed by atoms with Crippen LogP contribution >= 0.6 is 0 Å². The zero-order valence-electron chi connectivity index (χ0n) is 14.2. The van der Waals surface area contributed by atoms with E-state index in [9.17, 15) is 23.1 Å². The van der Waals surface area contributed by atoms with E-state index in [1.54, 1.807) is 12.1 Å². The van der Waals surface area contributed by atoms with Gasteiger partial charge in [-0.25, -0.2) is 4.68 Å². The number of aromatic nitrogens is 2. The summed E-state index contributed by atoms with van der Waals surface area (Å²) in [4.78, 5) is 12.5. The molecule has 1 aromatic carbocycles. The van der Waals surface area contributed by atoms with Gasteiger partial charge in [-0.2, -0.15) is 18.3 Å². The molecule has 2 aromatic rings. The van der Waals surface area contributed by atoms with Crippen LogP contribution in [0.2, 0.25) is 0 Å². The minimum Gasteiger partial charge on any atom is -0.505 e. The highest BCUT2D eigenvalue weighted by Crippen LogP contribution is 2.40. The zero-order chi connectivity index (χ0) is 18.9. The molecular formula is C17H20F3N3O2. The molecule has 0 amide bonds. The van der Waals surface area contributed by atoms with E-state index in [2.05, 4.69) is 5.10 Å². The normalized spacial score (nSPS) is 11.8. The van der Waals surface area contributed by atoms with Gasteiger partial charge in [0.1, 0.15) is 0 Å². The maximum Gasteiger partial charge on any atom is 0.438 e. The summed E-state index contributed by atoms with van der Waals surface area (Å²) in [5.41, 5.74) is 5.51. The summed E-state index contributed by atoms with van der Waals surface area (Å²) in [5.74, 6) is -1.14. The third-order valence-electron chi connectivity index (χ3n) is 4.10. The van der Waals surface area contributed by atoms with Crippen molar-refractivity contribution in [3.8, 4) is 16.9 Å². The minimum atomic E-state index is -4.87. The van der Waals surface area contributed by atoms with Crippen LogP contribution in [0, 0.1) is 0 Å². The Balaban J connectivity index is 2.96. The van der Waals surface area contributed by atoms with Gasteiger partial charge in [-0.1, -0.05) is 26.0 Å². The number of hydrogen-bond acceptors (Lipinski definition) is 4. The smallest absolute Gasteiger partial charge is 0.438 e. The van der Waals surface area contributed by atoms with Crippen molar-refractivity contribution in [2.24, 2.45) is 12.8 Å². The molecule has 25 heavy (non-hydrogen) atoms. The highest BCUT2D eigenvalue weighted by Gasteiger charge is 2.39. The van der Waals surface area contributed by atoms with E-state index in [4.69, 9.17) is 5.73 Å². The van der Waals surface area contributed by atoms with E-state index in [-0.39, 0.29) is 12.1 Å². The van der Waals surface area contributed by atoms with Crippen LogP contribution in [0.5, 0.6) is 5.75 Å². The fourth-order valence-corrected chi connectivity index (χ4v) is 2.88. The SMILES string of the molecule is CCc1cc(CN)cc(CC)c1-c1c(O)c(C(F)(F)F)nn(C)c1=O. The summed E-state index contributed by atoms with van der Waals surface area (Å²) in [5, 5.41) is 13.4. The molecule has 1 heterocycles. The standard InChI is InChI=1S/C17H20F3N3O2/c1-4-10-6-9(8-21)7-11(5-2)12(10)13-14(24)15(17(18,19)20)22-23(3)16(13)25/h6-7,24H,4-5,8,21H2,1-3H3. The van der Waals surface area contributed by atoms with Crippen LogP contribution in [0.3, 0.4) is 0 Å². The molecule has 0 bridgehead atoms. The second kappa shape index (κ2) is 6.87. The minimum absolute atomic E-state index is 0.272. The summed E-state index contributed by atoms with van der Waals surface area (Å²) >= 11 is 0. The average molecular weight is 355 g/mol. The van der Waals surface area contributed by atoms with Crippen molar-refractivity contribution in [3.05, 3.63) is 44.9 Å². The number of nitrogens with zero attached hydrogens (tertiary/aromatic N) is 2. The van der Waals surface area contributed by atoms with Crippen molar-refractivity contribution in [1.29, 1.82) is 0 Å². The summed E-state index contributed by atoms with van der Waals surface area (Å²) in [7, 11) is 1.13. The molecular weight excluding hydrogens is 335 g/mol. The average Bonchev–Trinajstić information content (AvgIpc) is 2.56. The number of nitrogens with two attached hydrogens (primary N) is 1. The van der Waals surface area contributed by atoms with Crippen LogP contribution in [0.25, 0.3) is 11.1 Å². The number of aryl methyl sites for hydroxylation is 3. The van der Waals surface area contributed by atoms with Gasteiger partial charge < -0.3 is 10.8 Å². The van der Waals surface area contributed by atoms with Crippen LogP contribution in [0.4, 0.5) is 13.2 Å². The molecule has 0 radical (unpaired) electrons. The van der Waals surface area contributed by atoms with Crippen molar-refractivity contribution < 1.29 is 18.3 Å². The molecule has 0 aliphatic heterocycles. The molecule has 136 valence electrons. The Labute approximate surface area is 142 Å². The monoisotopic (exact) mass is 355 g/mol. The van der Waals surface area contributed by atoms with Crippen LogP contribution in [-0.2, 0) is 32.6 Å². The van der Waals surface area contributed by atoms with E-state index in [0.29, 0.717) is 34.2 Å². The number of aromatic hydroxyl groups is 1. The van der Waals surface area contributed by atoms with E-state index in [1.807, 2.05) is 13.8 Å². The first-order valence-corrected chi connectivity index (χ1v) is 7.88. The zero-order valence-corrected chi connectivity index (χ0v) is 14.2. The fourth-order valence-electron chi connectivity index (χ4n) is 2.88. The van der Waals surface area contributed by atoms with Crippen LogP contribution in [0.1, 0.15) is 36.2 Å². The van der Waals surface area contributed by atoms with Crippen molar-refractivity contribution >= 4 is 0 Å². The van der Waals surface area contributed by atoms with Crippen molar-refractivity contribution in [3.63, 3.8) is 0 Å². The van der Waals surface area contributed by atoms with Gasteiger partial charge in [-0.3, -0.25) is 4.79 Å². The predicted molar refractivity (Wildman–Crippen MR) is 88.2 cm³/mol. The molecule has 0 spiro atoms. The molecule has 0 aliphatic carbocycles. The van der Waals surface area contributed by atoms with Gasteiger partial charge in [0.15, 0.2) is 5.75 Å². The first-order valence-electron chi connectivity index (χ1n) is 7.88. The van der Waals surface area contributed by atoms with E-state index >= 15 is 0 Å². The van der Waals surface area contributed by atoms with Gasteiger partial charge in [0.2, 0.25) is 5.69 Å². The third kappa shape index (κ3) is 3.39. The number of benzene rings is 1. The van der Waals surface area contributed by atoms with Crippen molar-refractivity contribution in [1.82, 2.24) is 9.78 Å². The van der Waals surface area contributed by atoms with E-state index in [0.717, 1.165) is 12.6 Å². The Kier molecular flexibility index (Phi) is 5.22. The highest BCUT2D eigenvalue weighted by atomic mass is 19.4. The number of alkyl halides is 3. The van der Waals surface area contributed by atoms with Gasteiger partial charge in [0.05, 0.1) is 5.56 Å². The largest absolute Gasteiger partial charge is 0.505 e. The lowest BCUT2D eigenvalue weighted by Gasteiger charge is -2.18. The van der Waals surface area contributed by atoms with Crippen LogP contribution < -0.4 is 11.3 Å². The quantitative estimate of drug-likeness (QED) is 0.884. The number of hydrogen-bond donors (Lipinski definition) is 2. The Morgan fingerprint density at radius 1 is 1.16 bits per heavy atom. The lowest BCUT2D eigenvalue weighted by Crippen LogP contribution is -2.26. The molecule has 3 N–H and O–H groups in total. The molecule has 1 aromatic heterocycles. The van der Waals surface area contributed by atoms with Gasteiger partial charge in [-0.15, -0.1) is 0 Å². The summed E-state index contributed by atoms with van der Waals surface area (Å²) in [6.07, 6.45) is -3.93. The van der Waals surface area contributed by atoms with Gasteiger partial charge >= 0.3 is 6.18 Å². The molecule has 0 aliphatic rings. The van der Waals surface area contributed by atoms with E-state index < -0.39 is 23.2 Å². The second-order valence-corrected chi connectivity index (χ2v) is 5.70. The molecule has 2 rings (SSSR count). The Morgan fingerprint density at radius 3 is 2.08 bits per heavy atom. The summed E-state index contributed by atoms with van der Waals surface area (Å²) in [6.45, 7) is 3.92. The van der Waals surface area contributed by atoms with Gasteiger partial charge in [0, 0.05) is 13.6 Å². The number of halogens is 3. The molecule has 0 saturated heterocycles. The second-order valence-electron chi connectivity index (χ2n) is 5.70. The van der Waals surface area contributed by atoms with E-state index in [1.165, 1.54) is 0 Å². The number of rotatable bonds is 4. The Bertz CT molecular complexity index is 832. The first kappa shape index (κ1) is 19.0. The Hall–Kier alpha value is -2.35. The molecule has 0 unspecified atom stereocenters. The maximum absolute atomic E-state index is 13.2. The molecule has 5 nitrogen and oxygen atoms in total. The fraction of sp³-hybridized carbons (Fsp3) is 0.412. The lowest BCUT2D eigenvalue weighted by atomic mass is 9.89. The molecule has 0 atom stereocenters. The maximum atomic E-state index is 13.2. The molecule has 0 saturated carbocycles. The van der Waals surface area contributed by atoms with Crippen LogP contribution in [-0.4, -0.2) is 14.9 Å². The highest BCUT2D eigenvalue weighted by molar-refractivity contribution is 5.76. The summed E-state index contributed by atoms with van der Waals surface area (Å²) < 4.78 is 40.2. The van der Waals surface area contributed by atoms with Crippen molar-refractivity contribution in [2.75, 3.05) is 0 Å². The summed E-state index contributed by atoms with van der Waals surface area (Å²) in [6, 6.07) is 3.50. The Morgan fingerprint density at radius 2 is 1.68 bits per heavy atom. The third-order valence-corrected chi connectivity index (χ3v) is 4.10. The molecule has 8 heteroatoms.